The van der Waals surface area contributed by atoms with E-state index in [0.29, 0.717) is 16.3 Å². The summed E-state index contributed by atoms with van der Waals surface area (Å²) in [6, 6.07) is 9.21. The van der Waals surface area contributed by atoms with Gasteiger partial charge in [-0.05, 0) is 48.4 Å². The Morgan fingerprint density at radius 1 is 1.29 bits per heavy atom. The minimum atomic E-state index is -1.11. The molecule has 0 aliphatic rings. The van der Waals surface area contributed by atoms with Crippen LogP contribution in [0.3, 0.4) is 0 Å². The molecule has 0 aliphatic carbocycles. The number of hydrogen-bond donors (Lipinski definition) is 1. The van der Waals surface area contributed by atoms with Crippen LogP contribution in [0.15, 0.2) is 42.5 Å². The highest BCUT2D eigenvalue weighted by Crippen LogP contribution is 2.31. The molecule has 108 valence electrons. The van der Waals surface area contributed by atoms with Gasteiger partial charge in [0.05, 0.1) is 5.02 Å². The summed E-state index contributed by atoms with van der Waals surface area (Å²) in [5.41, 5.74) is 1.34. The molecule has 2 aromatic rings. The van der Waals surface area contributed by atoms with Crippen molar-refractivity contribution in [1.82, 2.24) is 0 Å². The number of benzene rings is 2. The largest absolute Gasteiger partial charge is 0.478 e. The molecule has 0 aromatic heterocycles. The lowest BCUT2D eigenvalue weighted by Gasteiger charge is -2.09. The first-order valence-electron chi connectivity index (χ1n) is 6.09. The Labute approximate surface area is 126 Å². The molecule has 2 aromatic carbocycles. The maximum Gasteiger partial charge on any atom is 0.328 e. The smallest absolute Gasteiger partial charge is 0.328 e. The van der Waals surface area contributed by atoms with Crippen LogP contribution in [0.4, 0.5) is 4.39 Å². The number of halogens is 2. The topological polar surface area (TPSA) is 46.5 Å². The van der Waals surface area contributed by atoms with Crippen LogP contribution in [0, 0.1) is 12.7 Å². The van der Waals surface area contributed by atoms with Crippen molar-refractivity contribution < 1.29 is 19.0 Å². The highest BCUT2D eigenvalue weighted by atomic mass is 35.5. The second kappa shape index (κ2) is 6.41. The molecule has 0 amide bonds. The van der Waals surface area contributed by atoms with Crippen molar-refractivity contribution >= 4 is 23.6 Å². The fourth-order valence-corrected chi connectivity index (χ4v) is 1.88. The van der Waals surface area contributed by atoms with E-state index >= 15 is 0 Å². The van der Waals surface area contributed by atoms with Gasteiger partial charge in [0.2, 0.25) is 0 Å². The Bertz CT molecular complexity index is 711. The van der Waals surface area contributed by atoms with Crippen molar-refractivity contribution in [3.8, 4) is 11.5 Å². The molecule has 2 rings (SSSR count). The number of carbonyl (C=O) groups is 1. The summed E-state index contributed by atoms with van der Waals surface area (Å²) in [5, 5.41) is 9.00. The number of carboxylic acid groups (broad SMARTS) is 1. The lowest BCUT2D eigenvalue weighted by Crippen LogP contribution is -1.90. The predicted molar refractivity (Wildman–Crippen MR) is 79.3 cm³/mol. The van der Waals surface area contributed by atoms with Crippen molar-refractivity contribution in [2.45, 2.75) is 6.92 Å². The first-order chi connectivity index (χ1) is 9.94. The predicted octanol–water partition coefficient (Wildman–Crippen LogP) is 4.68. The number of hydrogen-bond acceptors (Lipinski definition) is 2. The van der Waals surface area contributed by atoms with Gasteiger partial charge >= 0.3 is 5.97 Å². The molecule has 0 saturated heterocycles. The standard InChI is InChI=1S/C16H12ClFO3/c1-10-2-4-14(17)15(6-10)21-13-8-11(3-5-16(19)20)7-12(18)9-13/h2-9H,1H3,(H,19,20)/b5-3+. The Balaban J connectivity index is 2.31. The average molecular weight is 307 g/mol. The van der Waals surface area contributed by atoms with Crippen LogP contribution in [0.1, 0.15) is 11.1 Å². The minimum Gasteiger partial charge on any atom is -0.478 e. The van der Waals surface area contributed by atoms with Crippen LogP contribution in [0.25, 0.3) is 6.08 Å². The fourth-order valence-electron chi connectivity index (χ4n) is 1.72. The van der Waals surface area contributed by atoms with Gasteiger partial charge in [0.1, 0.15) is 17.3 Å². The van der Waals surface area contributed by atoms with E-state index in [9.17, 15) is 9.18 Å². The molecule has 0 atom stereocenters. The highest BCUT2D eigenvalue weighted by Gasteiger charge is 2.06. The van der Waals surface area contributed by atoms with Crippen LogP contribution < -0.4 is 4.74 Å². The Hall–Kier alpha value is -2.33. The molecule has 21 heavy (non-hydrogen) atoms. The summed E-state index contributed by atoms with van der Waals surface area (Å²) >= 11 is 6.02. The third-order valence-corrected chi connectivity index (χ3v) is 2.94. The fraction of sp³-hybridized carbons (Fsp3) is 0.0625. The zero-order valence-corrected chi connectivity index (χ0v) is 11.9. The normalized spacial score (nSPS) is 10.8. The van der Waals surface area contributed by atoms with Crippen molar-refractivity contribution in [3.63, 3.8) is 0 Å². The maximum absolute atomic E-state index is 13.5. The lowest BCUT2D eigenvalue weighted by molar-refractivity contribution is -0.131. The van der Waals surface area contributed by atoms with E-state index in [-0.39, 0.29) is 5.75 Å². The number of ether oxygens (including phenoxy) is 1. The number of aliphatic carboxylic acids is 1. The quantitative estimate of drug-likeness (QED) is 0.834. The van der Waals surface area contributed by atoms with Gasteiger partial charge in [0.25, 0.3) is 0 Å². The molecule has 0 heterocycles. The molecule has 3 nitrogen and oxygen atoms in total. The molecule has 0 spiro atoms. The molecule has 0 bridgehead atoms. The number of aryl methyl sites for hydroxylation is 1. The number of carboxylic acids is 1. The van der Waals surface area contributed by atoms with Gasteiger partial charge in [-0.25, -0.2) is 9.18 Å². The van der Waals surface area contributed by atoms with Crippen molar-refractivity contribution in [2.75, 3.05) is 0 Å². The summed E-state index contributed by atoms with van der Waals surface area (Å²) in [5.74, 6) is -0.979. The second-order valence-electron chi connectivity index (χ2n) is 4.43. The van der Waals surface area contributed by atoms with Crippen LogP contribution in [-0.2, 0) is 4.79 Å². The summed E-state index contributed by atoms with van der Waals surface area (Å²) in [4.78, 5) is 10.5. The second-order valence-corrected chi connectivity index (χ2v) is 4.83. The molecular weight excluding hydrogens is 295 g/mol. The molecule has 0 aliphatic heterocycles. The molecule has 0 unspecified atom stereocenters. The molecule has 5 heteroatoms. The van der Waals surface area contributed by atoms with Crippen molar-refractivity contribution in [2.24, 2.45) is 0 Å². The van der Waals surface area contributed by atoms with E-state index < -0.39 is 11.8 Å². The van der Waals surface area contributed by atoms with Gasteiger partial charge < -0.3 is 9.84 Å². The third kappa shape index (κ3) is 4.33. The maximum atomic E-state index is 13.5. The van der Waals surface area contributed by atoms with E-state index in [1.807, 2.05) is 13.0 Å². The average Bonchev–Trinajstić information content (AvgIpc) is 2.40. The highest BCUT2D eigenvalue weighted by molar-refractivity contribution is 6.32. The summed E-state index contributed by atoms with van der Waals surface area (Å²) in [6.45, 7) is 1.88. The summed E-state index contributed by atoms with van der Waals surface area (Å²) in [6.07, 6.45) is 2.22. The minimum absolute atomic E-state index is 0.243. The van der Waals surface area contributed by atoms with Crippen molar-refractivity contribution in [3.05, 3.63) is 64.4 Å². The lowest BCUT2D eigenvalue weighted by atomic mass is 10.2. The molecule has 0 radical (unpaired) electrons. The Morgan fingerprint density at radius 3 is 2.76 bits per heavy atom. The third-order valence-electron chi connectivity index (χ3n) is 2.63. The van der Waals surface area contributed by atoms with Gasteiger partial charge in [0, 0.05) is 12.1 Å². The summed E-state index contributed by atoms with van der Waals surface area (Å²) in [7, 11) is 0. The van der Waals surface area contributed by atoms with E-state index in [4.69, 9.17) is 21.4 Å². The molecule has 1 N–H and O–H groups in total. The van der Waals surface area contributed by atoms with Crippen LogP contribution in [0.2, 0.25) is 5.02 Å². The van der Waals surface area contributed by atoms with E-state index in [0.717, 1.165) is 11.6 Å². The van der Waals surface area contributed by atoms with Crippen LogP contribution in [-0.4, -0.2) is 11.1 Å². The molecule has 0 fully saturated rings. The van der Waals surface area contributed by atoms with Gasteiger partial charge in [-0.2, -0.15) is 0 Å². The first-order valence-corrected chi connectivity index (χ1v) is 6.47. The molecule has 0 saturated carbocycles. The van der Waals surface area contributed by atoms with E-state index in [1.54, 1.807) is 12.1 Å². The van der Waals surface area contributed by atoms with Gasteiger partial charge in [-0.1, -0.05) is 17.7 Å². The summed E-state index contributed by atoms with van der Waals surface area (Å²) < 4.78 is 19.1. The molecular formula is C16H12ClFO3. The Morgan fingerprint density at radius 2 is 2.05 bits per heavy atom. The monoisotopic (exact) mass is 306 g/mol. The SMILES string of the molecule is Cc1ccc(Cl)c(Oc2cc(F)cc(/C=C/C(=O)O)c2)c1. The van der Waals surface area contributed by atoms with Crippen LogP contribution in [0.5, 0.6) is 11.5 Å². The van der Waals surface area contributed by atoms with Crippen LogP contribution >= 0.6 is 11.6 Å². The Kier molecular flexibility index (Phi) is 4.60. The zero-order valence-electron chi connectivity index (χ0n) is 11.1. The van der Waals surface area contributed by atoms with Crippen molar-refractivity contribution in [1.29, 1.82) is 0 Å². The van der Waals surface area contributed by atoms with Gasteiger partial charge in [0.15, 0.2) is 0 Å². The zero-order chi connectivity index (χ0) is 15.4. The van der Waals surface area contributed by atoms with E-state index in [1.165, 1.54) is 24.3 Å². The number of rotatable bonds is 4. The first kappa shape index (κ1) is 15.1. The van der Waals surface area contributed by atoms with E-state index in [2.05, 4.69) is 0 Å². The van der Waals surface area contributed by atoms with Gasteiger partial charge in [-0.15, -0.1) is 0 Å². The van der Waals surface area contributed by atoms with Gasteiger partial charge in [-0.3, -0.25) is 0 Å².